The van der Waals surface area contributed by atoms with Crippen molar-refractivity contribution in [1.82, 2.24) is 5.32 Å². The third-order valence-electron chi connectivity index (χ3n) is 5.06. The molecular formula is C23H38N2O2. The fourth-order valence-corrected chi connectivity index (χ4v) is 3.14. The van der Waals surface area contributed by atoms with Crippen molar-refractivity contribution in [3.8, 4) is 0 Å². The lowest BCUT2D eigenvalue weighted by Gasteiger charge is -2.17. The maximum Gasteiger partial charge on any atom is 0.224 e. The summed E-state index contributed by atoms with van der Waals surface area (Å²) in [5, 5.41) is 5.97. The smallest absolute Gasteiger partial charge is 0.224 e. The van der Waals surface area contributed by atoms with E-state index in [1.54, 1.807) is 0 Å². The highest BCUT2D eigenvalue weighted by molar-refractivity contribution is 5.91. The van der Waals surface area contributed by atoms with Crippen LogP contribution in [-0.4, -0.2) is 18.4 Å². The first-order valence-electron chi connectivity index (χ1n) is 10.5. The van der Waals surface area contributed by atoms with E-state index in [1.807, 2.05) is 31.2 Å². The van der Waals surface area contributed by atoms with Gasteiger partial charge in [0.2, 0.25) is 11.8 Å². The molecule has 0 saturated carbocycles. The number of hydrogen-bond donors (Lipinski definition) is 2. The van der Waals surface area contributed by atoms with Crippen molar-refractivity contribution in [3.05, 3.63) is 29.8 Å². The van der Waals surface area contributed by atoms with Crippen LogP contribution in [0.25, 0.3) is 0 Å². The molecule has 0 aromatic heterocycles. The first-order chi connectivity index (χ1) is 12.8. The minimum Gasteiger partial charge on any atom is -0.356 e. The molecule has 2 atom stereocenters. The SMILES string of the molecule is CCCCC(CC)CNC(=O)CC(C)CC(=O)Nc1ccc(C(C)C)cc1. The predicted molar refractivity (Wildman–Crippen MR) is 114 cm³/mol. The van der Waals surface area contributed by atoms with Crippen LogP contribution in [0.5, 0.6) is 0 Å². The van der Waals surface area contributed by atoms with Crippen LogP contribution >= 0.6 is 0 Å². The zero-order valence-corrected chi connectivity index (χ0v) is 17.8. The Morgan fingerprint density at radius 3 is 2.15 bits per heavy atom. The van der Waals surface area contributed by atoms with Crippen LogP contribution in [0.15, 0.2) is 24.3 Å². The largest absolute Gasteiger partial charge is 0.356 e. The van der Waals surface area contributed by atoms with Gasteiger partial charge in [-0.15, -0.1) is 0 Å². The summed E-state index contributed by atoms with van der Waals surface area (Å²) in [7, 11) is 0. The standard InChI is InChI=1S/C23H38N2O2/c1-6-8-9-19(7-2)16-24-22(26)14-18(5)15-23(27)25-21-12-10-20(11-13-21)17(3)4/h10-13,17-19H,6-9,14-16H2,1-5H3,(H,24,26)(H,25,27). The Labute approximate surface area is 165 Å². The van der Waals surface area contributed by atoms with Crippen molar-refractivity contribution in [1.29, 1.82) is 0 Å². The number of amides is 2. The molecule has 0 aliphatic heterocycles. The molecule has 2 unspecified atom stereocenters. The summed E-state index contributed by atoms with van der Waals surface area (Å²) >= 11 is 0. The van der Waals surface area contributed by atoms with Gasteiger partial charge in [0.15, 0.2) is 0 Å². The summed E-state index contributed by atoms with van der Waals surface area (Å²) < 4.78 is 0. The molecule has 1 aromatic carbocycles. The molecule has 1 rings (SSSR count). The minimum atomic E-state index is -0.0398. The van der Waals surface area contributed by atoms with E-state index in [2.05, 4.69) is 38.3 Å². The van der Waals surface area contributed by atoms with Gasteiger partial charge in [-0.25, -0.2) is 0 Å². The Bertz CT molecular complexity index is 566. The second kappa shape index (κ2) is 12.5. The quantitative estimate of drug-likeness (QED) is 0.508. The molecule has 0 heterocycles. The maximum absolute atomic E-state index is 12.2. The average molecular weight is 375 g/mol. The summed E-state index contributed by atoms with van der Waals surface area (Å²) in [4.78, 5) is 24.4. The van der Waals surface area contributed by atoms with E-state index in [1.165, 1.54) is 24.8 Å². The molecule has 0 radical (unpaired) electrons. The topological polar surface area (TPSA) is 58.2 Å². The van der Waals surface area contributed by atoms with Gasteiger partial charge in [-0.2, -0.15) is 0 Å². The Morgan fingerprint density at radius 2 is 1.59 bits per heavy atom. The molecule has 0 bridgehead atoms. The van der Waals surface area contributed by atoms with E-state index in [9.17, 15) is 9.59 Å². The second-order valence-corrected chi connectivity index (χ2v) is 8.06. The third kappa shape index (κ3) is 9.60. The molecule has 0 aliphatic rings. The first-order valence-corrected chi connectivity index (χ1v) is 10.5. The zero-order chi connectivity index (χ0) is 20.2. The molecule has 0 saturated heterocycles. The molecular weight excluding hydrogens is 336 g/mol. The highest BCUT2D eigenvalue weighted by atomic mass is 16.2. The predicted octanol–water partition coefficient (Wildman–Crippen LogP) is 5.50. The van der Waals surface area contributed by atoms with Crippen molar-refractivity contribution in [3.63, 3.8) is 0 Å². The van der Waals surface area contributed by atoms with Crippen molar-refractivity contribution in [2.45, 2.75) is 79.1 Å². The maximum atomic E-state index is 12.2. The Balaban J connectivity index is 2.34. The van der Waals surface area contributed by atoms with Crippen LogP contribution in [0.2, 0.25) is 0 Å². The summed E-state index contributed by atoms with van der Waals surface area (Å²) in [6.07, 6.45) is 5.41. The van der Waals surface area contributed by atoms with E-state index in [0.29, 0.717) is 24.7 Å². The zero-order valence-electron chi connectivity index (χ0n) is 17.8. The number of anilines is 1. The average Bonchev–Trinajstić information content (AvgIpc) is 2.62. The Hall–Kier alpha value is -1.84. The monoisotopic (exact) mass is 374 g/mol. The van der Waals surface area contributed by atoms with Gasteiger partial charge in [-0.1, -0.05) is 66.0 Å². The van der Waals surface area contributed by atoms with E-state index in [4.69, 9.17) is 0 Å². The molecule has 1 aromatic rings. The lowest BCUT2D eigenvalue weighted by molar-refractivity contribution is -0.122. The van der Waals surface area contributed by atoms with Crippen LogP contribution in [0.3, 0.4) is 0 Å². The number of benzene rings is 1. The number of hydrogen-bond acceptors (Lipinski definition) is 2. The molecule has 0 fully saturated rings. The van der Waals surface area contributed by atoms with Crippen molar-refractivity contribution in [2.24, 2.45) is 11.8 Å². The highest BCUT2D eigenvalue weighted by Crippen LogP contribution is 2.18. The Morgan fingerprint density at radius 1 is 0.963 bits per heavy atom. The highest BCUT2D eigenvalue weighted by Gasteiger charge is 2.15. The molecule has 27 heavy (non-hydrogen) atoms. The number of nitrogens with one attached hydrogen (secondary N) is 2. The number of unbranched alkanes of at least 4 members (excludes halogenated alkanes) is 1. The minimum absolute atomic E-state index is 0.0238. The van der Waals surface area contributed by atoms with Crippen molar-refractivity contribution >= 4 is 17.5 Å². The van der Waals surface area contributed by atoms with Crippen LogP contribution in [-0.2, 0) is 9.59 Å². The van der Waals surface area contributed by atoms with Crippen LogP contribution in [0, 0.1) is 11.8 Å². The number of carbonyl (C=O) groups excluding carboxylic acids is 2. The summed E-state index contributed by atoms with van der Waals surface area (Å²) in [6.45, 7) is 11.4. The lowest BCUT2D eigenvalue weighted by Crippen LogP contribution is -2.30. The van der Waals surface area contributed by atoms with Gasteiger partial charge in [0.25, 0.3) is 0 Å². The van der Waals surface area contributed by atoms with Gasteiger partial charge in [0.1, 0.15) is 0 Å². The summed E-state index contributed by atoms with van der Waals surface area (Å²) in [6, 6.07) is 7.96. The van der Waals surface area contributed by atoms with Crippen LogP contribution < -0.4 is 10.6 Å². The molecule has 4 nitrogen and oxygen atoms in total. The molecule has 0 spiro atoms. The van der Waals surface area contributed by atoms with Crippen molar-refractivity contribution in [2.75, 3.05) is 11.9 Å². The third-order valence-corrected chi connectivity index (χ3v) is 5.06. The van der Waals surface area contributed by atoms with E-state index in [-0.39, 0.29) is 17.7 Å². The summed E-state index contributed by atoms with van der Waals surface area (Å²) in [5.74, 6) is 1.06. The van der Waals surface area contributed by atoms with Gasteiger partial charge < -0.3 is 10.6 Å². The normalized spacial score (nSPS) is 13.3. The van der Waals surface area contributed by atoms with Crippen LogP contribution in [0.4, 0.5) is 5.69 Å². The summed E-state index contributed by atoms with van der Waals surface area (Å²) in [5.41, 5.74) is 2.06. The molecule has 2 N–H and O–H groups in total. The molecule has 0 aliphatic carbocycles. The van der Waals surface area contributed by atoms with Crippen molar-refractivity contribution < 1.29 is 9.59 Å². The second-order valence-electron chi connectivity index (χ2n) is 8.06. The van der Waals surface area contributed by atoms with Gasteiger partial charge >= 0.3 is 0 Å². The lowest BCUT2D eigenvalue weighted by atomic mass is 9.98. The number of rotatable bonds is 12. The molecule has 2 amide bonds. The molecule has 4 heteroatoms. The van der Waals surface area contributed by atoms with Gasteiger partial charge in [0, 0.05) is 25.1 Å². The van der Waals surface area contributed by atoms with E-state index >= 15 is 0 Å². The van der Waals surface area contributed by atoms with Gasteiger partial charge in [-0.3, -0.25) is 9.59 Å². The van der Waals surface area contributed by atoms with Gasteiger partial charge in [-0.05, 0) is 41.9 Å². The first kappa shape index (κ1) is 23.2. The molecule has 152 valence electrons. The van der Waals surface area contributed by atoms with E-state index < -0.39 is 0 Å². The Kier molecular flexibility index (Phi) is 10.8. The van der Waals surface area contributed by atoms with Gasteiger partial charge in [0.05, 0.1) is 0 Å². The number of carbonyl (C=O) groups is 2. The van der Waals surface area contributed by atoms with E-state index in [0.717, 1.165) is 18.7 Å². The van der Waals surface area contributed by atoms with Crippen LogP contribution in [0.1, 0.15) is 84.6 Å². The fraction of sp³-hybridized carbons (Fsp3) is 0.652. The fourth-order valence-electron chi connectivity index (χ4n) is 3.14.